The predicted molar refractivity (Wildman–Crippen MR) is 68.0 cm³/mol. The fourth-order valence-corrected chi connectivity index (χ4v) is 2.26. The molecule has 1 rings (SSSR count). The molecule has 0 heterocycles. The topological polar surface area (TPSA) is 78.7 Å². The van der Waals surface area contributed by atoms with Gasteiger partial charge in [0.25, 0.3) is 5.69 Å². The Labute approximate surface area is 106 Å². The number of nitro benzene ring substituents is 1. The molecule has 7 heteroatoms. The van der Waals surface area contributed by atoms with Crippen molar-refractivity contribution < 1.29 is 18.5 Å². The molecule has 6 nitrogen and oxygen atoms in total. The molecule has 0 unspecified atom stereocenters. The van der Waals surface area contributed by atoms with Crippen LogP contribution in [0.3, 0.4) is 0 Å². The number of benzene rings is 1. The third kappa shape index (κ3) is 4.85. The van der Waals surface area contributed by atoms with Gasteiger partial charge in [-0.05, 0) is 18.1 Å². The zero-order valence-electron chi connectivity index (χ0n) is 10.5. The molecule has 0 bridgehead atoms. The molecule has 0 fully saturated rings. The van der Waals surface area contributed by atoms with Crippen LogP contribution in [0.2, 0.25) is 0 Å². The lowest BCUT2D eigenvalue weighted by atomic mass is 10.2. The molecule has 100 valence electrons. The average Bonchev–Trinajstić information content (AvgIpc) is 2.27. The Hall–Kier alpha value is -1.39. The van der Waals surface area contributed by atoms with Gasteiger partial charge in [0, 0.05) is 18.8 Å². The van der Waals surface area contributed by atoms with Crippen LogP contribution in [0.25, 0.3) is 0 Å². The SMILES string of the molecule is CC(C)CO[P@](C)(=O)Oc1ccc([N+](=O)[O-])cc1. The van der Waals surface area contributed by atoms with Crippen LogP contribution in [-0.4, -0.2) is 18.2 Å². The molecule has 18 heavy (non-hydrogen) atoms. The van der Waals surface area contributed by atoms with Gasteiger partial charge in [-0.3, -0.25) is 14.6 Å². The van der Waals surface area contributed by atoms with E-state index in [1.807, 2.05) is 13.8 Å². The van der Waals surface area contributed by atoms with E-state index in [1.54, 1.807) is 0 Å². The van der Waals surface area contributed by atoms with Crippen molar-refractivity contribution in [1.29, 1.82) is 0 Å². The number of hydrogen-bond acceptors (Lipinski definition) is 5. The van der Waals surface area contributed by atoms with Gasteiger partial charge in [-0.2, -0.15) is 0 Å². The monoisotopic (exact) mass is 273 g/mol. The maximum atomic E-state index is 11.9. The van der Waals surface area contributed by atoms with Gasteiger partial charge in [0.2, 0.25) is 0 Å². The third-order valence-corrected chi connectivity index (χ3v) is 3.12. The molecule has 0 amide bonds. The fourth-order valence-electron chi connectivity index (χ4n) is 1.13. The number of nitrogens with zero attached hydrogens (tertiary/aromatic N) is 1. The van der Waals surface area contributed by atoms with Crippen molar-refractivity contribution in [3.8, 4) is 5.75 Å². The first kappa shape index (κ1) is 14.7. The Balaban J connectivity index is 2.66. The Morgan fingerprint density at radius 3 is 2.33 bits per heavy atom. The third-order valence-electron chi connectivity index (χ3n) is 1.96. The number of non-ortho nitro benzene ring substituents is 1. The summed E-state index contributed by atoms with van der Waals surface area (Å²) in [5, 5.41) is 10.5. The molecule has 0 radical (unpaired) electrons. The quantitative estimate of drug-likeness (QED) is 0.450. The normalized spacial score (nSPS) is 14.2. The molecular formula is C11H16NO5P. The van der Waals surface area contributed by atoms with Gasteiger partial charge in [-0.1, -0.05) is 13.8 Å². The molecule has 0 aromatic heterocycles. The van der Waals surface area contributed by atoms with Crippen LogP contribution in [0.4, 0.5) is 5.69 Å². The summed E-state index contributed by atoms with van der Waals surface area (Å²) in [6.45, 7) is 5.58. The van der Waals surface area contributed by atoms with Gasteiger partial charge in [-0.25, -0.2) is 4.57 Å². The van der Waals surface area contributed by atoms with E-state index < -0.39 is 12.5 Å². The van der Waals surface area contributed by atoms with Gasteiger partial charge < -0.3 is 4.52 Å². The van der Waals surface area contributed by atoms with Crippen molar-refractivity contribution in [3.63, 3.8) is 0 Å². The molecule has 0 spiro atoms. The van der Waals surface area contributed by atoms with E-state index in [1.165, 1.54) is 30.9 Å². The van der Waals surface area contributed by atoms with E-state index in [-0.39, 0.29) is 17.4 Å². The maximum absolute atomic E-state index is 11.9. The average molecular weight is 273 g/mol. The lowest BCUT2D eigenvalue weighted by Crippen LogP contribution is -2.03. The molecule has 0 aliphatic heterocycles. The van der Waals surface area contributed by atoms with Gasteiger partial charge in [0.05, 0.1) is 11.5 Å². The van der Waals surface area contributed by atoms with Crippen LogP contribution in [0, 0.1) is 16.0 Å². The van der Waals surface area contributed by atoms with E-state index in [9.17, 15) is 14.7 Å². The van der Waals surface area contributed by atoms with Crippen molar-refractivity contribution in [2.75, 3.05) is 13.3 Å². The van der Waals surface area contributed by atoms with Crippen molar-refractivity contribution in [1.82, 2.24) is 0 Å². The Bertz CT molecular complexity index is 457. The Morgan fingerprint density at radius 2 is 1.89 bits per heavy atom. The molecule has 1 aromatic carbocycles. The van der Waals surface area contributed by atoms with Crippen LogP contribution in [0.15, 0.2) is 24.3 Å². The Kier molecular flexibility index (Phi) is 4.87. The molecule has 0 aliphatic rings. The molecule has 0 N–H and O–H groups in total. The second-order valence-corrected chi connectivity index (χ2v) is 6.29. The van der Waals surface area contributed by atoms with Gasteiger partial charge in [0.1, 0.15) is 5.75 Å². The molecular weight excluding hydrogens is 257 g/mol. The highest BCUT2D eigenvalue weighted by atomic mass is 31.2. The highest BCUT2D eigenvalue weighted by Crippen LogP contribution is 2.44. The number of hydrogen-bond donors (Lipinski definition) is 0. The standard InChI is InChI=1S/C11H16NO5P/c1-9(2)8-16-18(3,15)17-11-6-4-10(5-7-11)12(13)14/h4-7,9H,8H2,1-3H3/t18-/m0/s1. The van der Waals surface area contributed by atoms with E-state index in [0.717, 1.165) is 0 Å². The summed E-state index contributed by atoms with van der Waals surface area (Å²) in [7, 11) is -3.18. The fraction of sp³-hybridized carbons (Fsp3) is 0.455. The highest BCUT2D eigenvalue weighted by Gasteiger charge is 2.19. The first-order chi connectivity index (χ1) is 8.30. The first-order valence-electron chi connectivity index (χ1n) is 5.46. The van der Waals surface area contributed by atoms with Crippen LogP contribution in [0.5, 0.6) is 5.75 Å². The highest BCUT2D eigenvalue weighted by molar-refractivity contribution is 7.53. The summed E-state index contributed by atoms with van der Waals surface area (Å²) in [5.41, 5.74) is -0.0450. The summed E-state index contributed by atoms with van der Waals surface area (Å²) in [4.78, 5) is 9.95. The molecule has 1 aromatic rings. The van der Waals surface area contributed by atoms with Gasteiger partial charge >= 0.3 is 7.60 Å². The van der Waals surface area contributed by atoms with E-state index in [0.29, 0.717) is 6.61 Å². The zero-order chi connectivity index (χ0) is 13.8. The minimum Gasteiger partial charge on any atom is -0.425 e. The summed E-state index contributed by atoms with van der Waals surface area (Å²) in [6.07, 6.45) is 0. The minimum absolute atomic E-state index is 0.0450. The van der Waals surface area contributed by atoms with Crippen LogP contribution in [0.1, 0.15) is 13.8 Å². The van der Waals surface area contributed by atoms with E-state index in [4.69, 9.17) is 9.05 Å². The van der Waals surface area contributed by atoms with Crippen molar-refractivity contribution >= 4 is 13.3 Å². The van der Waals surface area contributed by atoms with Crippen LogP contribution >= 0.6 is 7.60 Å². The van der Waals surface area contributed by atoms with E-state index in [2.05, 4.69) is 0 Å². The van der Waals surface area contributed by atoms with Crippen molar-refractivity contribution in [2.24, 2.45) is 5.92 Å². The summed E-state index contributed by atoms with van der Waals surface area (Å²) >= 11 is 0. The van der Waals surface area contributed by atoms with Crippen LogP contribution < -0.4 is 4.52 Å². The minimum atomic E-state index is -3.18. The lowest BCUT2D eigenvalue weighted by molar-refractivity contribution is -0.384. The second-order valence-electron chi connectivity index (χ2n) is 4.30. The summed E-state index contributed by atoms with van der Waals surface area (Å²) in [5.74, 6) is 0.536. The van der Waals surface area contributed by atoms with E-state index >= 15 is 0 Å². The molecule has 0 aliphatic carbocycles. The molecule has 1 atom stereocenters. The molecule has 0 saturated heterocycles. The van der Waals surface area contributed by atoms with Crippen molar-refractivity contribution in [2.45, 2.75) is 13.8 Å². The first-order valence-corrected chi connectivity index (χ1v) is 7.45. The maximum Gasteiger partial charge on any atom is 0.376 e. The Morgan fingerprint density at radius 1 is 1.33 bits per heavy atom. The second kappa shape index (κ2) is 5.98. The number of nitro groups is 1. The lowest BCUT2D eigenvalue weighted by Gasteiger charge is -2.16. The van der Waals surface area contributed by atoms with Gasteiger partial charge in [-0.15, -0.1) is 0 Å². The van der Waals surface area contributed by atoms with Crippen LogP contribution in [-0.2, 0) is 9.09 Å². The van der Waals surface area contributed by atoms with Gasteiger partial charge in [0.15, 0.2) is 0 Å². The summed E-state index contributed by atoms with van der Waals surface area (Å²) < 4.78 is 22.3. The molecule has 0 saturated carbocycles. The zero-order valence-corrected chi connectivity index (χ0v) is 11.4. The smallest absolute Gasteiger partial charge is 0.376 e. The summed E-state index contributed by atoms with van der Waals surface area (Å²) in [6, 6.07) is 5.37. The predicted octanol–water partition coefficient (Wildman–Crippen LogP) is 3.47. The largest absolute Gasteiger partial charge is 0.425 e. The van der Waals surface area contributed by atoms with Crippen molar-refractivity contribution in [3.05, 3.63) is 34.4 Å². The number of rotatable bonds is 6.